The molecule has 0 atom stereocenters. The van der Waals surface area contributed by atoms with Crippen LogP contribution in [0, 0.1) is 26.8 Å². The van der Waals surface area contributed by atoms with Crippen LogP contribution in [0.3, 0.4) is 0 Å². The van der Waals surface area contributed by atoms with Crippen LogP contribution in [0.5, 0.6) is 0 Å². The van der Waals surface area contributed by atoms with Crippen molar-refractivity contribution in [1.82, 2.24) is 4.98 Å². The van der Waals surface area contributed by atoms with Crippen molar-refractivity contribution >= 4 is 45.8 Å². The molecule has 0 aliphatic carbocycles. The number of nitrogens with zero attached hydrogens (tertiary/aromatic N) is 1. The average molecular weight is 531 g/mol. The number of aromatic nitrogens is 1. The molecule has 30 heavy (non-hydrogen) atoms. The van der Waals surface area contributed by atoms with E-state index in [1.54, 1.807) is 0 Å². The fraction of sp³-hybridized carbons (Fsp3) is 0.100. The van der Waals surface area contributed by atoms with Crippen LogP contribution in [0.2, 0.25) is 0 Å². The molecule has 5 nitrogen and oxygen atoms in total. The molecule has 2 aromatic carbocycles. The lowest BCUT2D eigenvalue weighted by Crippen LogP contribution is -2.10. The van der Waals surface area contributed by atoms with Crippen molar-refractivity contribution in [3.63, 3.8) is 0 Å². The highest BCUT2D eigenvalue weighted by atomic mass is 127. The maximum Gasteiger partial charge on any atom is 0.337 e. The Bertz CT molecular complexity index is 1140. The van der Waals surface area contributed by atoms with Crippen LogP contribution < -0.4 is 11.1 Å². The van der Waals surface area contributed by atoms with E-state index in [-0.39, 0.29) is 22.4 Å². The minimum absolute atomic E-state index is 0.0467. The van der Waals surface area contributed by atoms with Gasteiger partial charge in [0, 0.05) is 23.9 Å². The van der Waals surface area contributed by atoms with Crippen LogP contribution in [-0.4, -0.2) is 18.1 Å². The Kier molecular flexibility index (Phi) is 6.44. The van der Waals surface area contributed by atoms with E-state index in [0.717, 1.165) is 0 Å². The second-order valence-corrected chi connectivity index (χ2v) is 7.23. The second kappa shape index (κ2) is 8.86. The number of nitrogens with one attached hydrogen (secondary N) is 1. The zero-order valence-corrected chi connectivity index (χ0v) is 17.6. The van der Waals surface area contributed by atoms with Crippen molar-refractivity contribution in [3.8, 4) is 0 Å². The van der Waals surface area contributed by atoms with E-state index in [4.69, 9.17) is 5.73 Å². The first-order chi connectivity index (χ1) is 14.2. The summed E-state index contributed by atoms with van der Waals surface area (Å²) in [5, 5.41) is 2.59. The number of hydrogen-bond donors (Lipinski definition) is 2. The lowest BCUT2D eigenvalue weighted by molar-refractivity contribution is 0.0601. The molecule has 3 N–H and O–H groups in total. The Morgan fingerprint density at radius 2 is 1.87 bits per heavy atom. The number of nitrogen functional groups attached to an aromatic ring is 1. The number of halogens is 5. The van der Waals surface area contributed by atoms with Gasteiger partial charge in [-0.1, -0.05) is 6.07 Å². The Hall–Kier alpha value is -2.89. The Labute approximate surface area is 182 Å². The molecule has 0 spiro atoms. The van der Waals surface area contributed by atoms with Crippen LogP contribution in [0.15, 0.2) is 36.5 Å². The summed E-state index contributed by atoms with van der Waals surface area (Å²) >= 11 is 1.34. The van der Waals surface area contributed by atoms with Crippen molar-refractivity contribution in [3.05, 3.63) is 80.1 Å². The number of rotatable bonds is 5. The van der Waals surface area contributed by atoms with Gasteiger partial charge >= 0.3 is 5.97 Å². The smallest absolute Gasteiger partial charge is 0.337 e. The summed E-state index contributed by atoms with van der Waals surface area (Å²) in [7, 11) is 1.19. The highest BCUT2D eigenvalue weighted by molar-refractivity contribution is 14.1. The molecule has 0 radical (unpaired) electrons. The summed E-state index contributed by atoms with van der Waals surface area (Å²) in [6, 6.07) is 7.00. The highest BCUT2D eigenvalue weighted by Gasteiger charge is 2.25. The van der Waals surface area contributed by atoms with E-state index in [0.29, 0.717) is 0 Å². The fourth-order valence-electron chi connectivity index (χ4n) is 2.79. The standard InChI is InChI=1S/C20H14F4IN3O2/c1-30-20(29)10-3-2-4-11(7-10)28-18-12(14(22)17(25)15(23)16(18)24)8-9-5-6-27-19(26)13(9)21/h2-7,28H,8H2,1H3,(H2,26,27). The predicted octanol–water partition coefficient (Wildman–Crippen LogP) is 4.95. The molecular formula is C20H14F4IN3O2. The van der Waals surface area contributed by atoms with Gasteiger partial charge in [0.15, 0.2) is 23.3 Å². The minimum atomic E-state index is -1.39. The van der Waals surface area contributed by atoms with Gasteiger partial charge in [-0.25, -0.2) is 27.3 Å². The number of carbonyl (C=O) groups is 1. The Morgan fingerprint density at radius 1 is 1.13 bits per heavy atom. The SMILES string of the molecule is COC(=O)c1cccc(Nc2c(F)c(F)c(I)c(F)c2Cc2ccnc(N)c2F)c1. The van der Waals surface area contributed by atoms with Crippen molar-refractivity contribution in [2.75, 3.05) is 18.2 Å². The molecule has 0 aliphatic rings. The molecule has 1 heterocycles. The molecule has 3 aromatic rings. The van der Waals surface area contributed by atoms with Gasteiger partial charge in [-0.05, 0) is 52.4 Å². The number of hydrogen-bond acceptors (Lipinski definition) is 5. The number of esters is 1. The zero-order chi connectivity index (χ0) is 22.0. The number of benzene rings is 2. The third-order valence-corrected chi connectivity index (χ3v) is 5.23. The quantitative estimate of drug-likeness (QED) is 0.160. The summed E-state index contributed by atoms with van der Waals surface area (Å²) in [5.41, 5.74) is 4.87. The highest BCUT2D eigenvalue weighted by Crippen LogP contribution is 2.34. The van der Waals surface area contributed by atoms with Gasteiger partial charge in [-0.3, -0.25) is 0 Å². The number of ether oxygens (including phenoxy) is 1. The first kappa shape index (κ1) is 21.8. The van der Waals surface area contributed by atoms with Gasteiger partial charge in [0.2, 0.25) is 0 Å². The second-order valence-electron chi connectivity index (χ2n) is 6.15. The van der Waals surface area contributed by atoms with Crippen LogP contribution in [0.1, 0.15) is 21.5 Å². The molecule has 156 valence electrons. The Morgan fingerprint density at radius 3 is 2.57 bits per heavy atom. The van der Waals surface area contributed by atoms with Gasteiger partial charge in [0.1, 0.15) is 5.82 Å². The summed E-state index contributed by atoms with van der Waals surface area (Å²) in [6.07, 6.45) is 0.806. The van der Waals surface area contributed by atoms with E-state index in [9.17, 15) is 22.4 Å². The average Bonchev–Trinajstić information content (AvgIpc) is 2.75. The molecule has 1 aromatic heterocycles. The van der Waals surface area contributed by atoms with Crippen molar-refractivity contribution in [2.45, 2.75) is 6.42 Å². The maximum absolute atomic E-state index is 14.9. The minimum Gasteiger partial charge on any atom is -0.465 e. The van der Waals surface area contributed by atoms with E-state index in [1.165, 1.54) is 66.2 Å². The van der Waals surface area contributed by atoms with Crippen LogP contribution in [-0.2, 0) is 11.2 Å². The number of carbonyl (C=O) groups excluding carboxylic acids is 1. The summed E-state index contributed by atoms with van der Waals surface area (Å²) < 4.78 is 62.2. The number of pyridine rings is 1. The molecule has 0 saturated carbocycles. The number of nitrogens with two attached hydrogens (primary N) is 1. The maximum atomic E-state index is 14.9. The van der Waals surface area contributed by atoms with Crippen LogP contribution in [0.4, 0.5) is 34.8 Å². The Balaban J connectivity index is 2.12. The van der Waals surface area contributed by atoms with E-state index >= 15 is 0 Å². The zero-order valence-electron chi connectivity index (χ0n) is 15.4. The van der Waals surface area contributed by atoms with Gasteiger partial charge in [0.25, 0.3) is 0 Å². The van der Waals surface area contributed by atoms with Crippen molar-refractivity contribution in [2.24, 2.45) is 0 Å². The monoisotopic (exact) mass is 531 g/mol. The molecule has 0 amide bonds. The van der Waals surface area contributed by atoms with Gasteiger partial charge in [-0.15, -0.1) is 0 Å². The number of anilines is 3. The molecule has 0 unspecified atom stereocenters. The van der Waals surface area contributed by atoms with E-state index < -0.39 is 50.7 Å². The molecule has 3 rings (SSSR count). The van der Waals surface area contributed by atoms with Gasteiger partial charge in [0.05, 0.1) is 21.9 Å². The van der Waals surface area contributed by atoms with Crippen molar-refractivity contribution in [1.29, 1.82) is 0 Å². The normalized spacial score (nSPS) is 10.7. The fourth-order valence-corrected chi connectivity index (χ4v) is 3.35. The summed E-state index contributed by atoms with van der Waals surface area (Å²) in [6.45, 7) is 0. The lowest BCUT2D eigenvalue weighted by atomic mass is 10.0. The molecular weight excluding hydrogens is 517 g/mol. The predicted molar refractivity (Wildman–Crippen MR) is 112 cm³/mol. The van der Waals surface area contributed by atoms with Crippen LogP contribution >= 0.6 is 22.6 Å². The largest absolute Gasteiger partial charge is 0.465 e. The molecule has 0 bridgehead atoms. The molecule has 0 aliphatic heterocycles. The summed E-state index contributed by atoms with van der Waals surface area (Å²) in [5.74, 6) is -5.70. The van der Waals surface area contributed by atoms with Gasteiger partial charge < -0.3 is 15.8 Å². The third kappa shape index (κ3) is 4.18. The van der Waals surface area contributed by atoms with Gasteiger partial charge in [-0.2, -0.15) is 0 Å². The first-order valence-corrected chi connectivity index (χ1v) is 9.51. The first-order valence-electron chi connectivity index (χ1n) is 8.43. The van der Waals surface area contributed by atoms with E-state index in [2.05, 4.69) is 15.0 Å². The molecule has 0 saturated heterocycles. The van der Waals surface area contributed by atoms with Crippen LogP contribution in [0.25, 0.3) is 0 Å². The number of methoxy groups -OCH3 is 1. The third-order valence-electron chi connectivity index (χ3n) is 4.28. The molecule has 0 fully saturated rings. The topological polar surface area (TPSA) is 77.2 Å². The summed E-state index contributed by atoms with van der Waals surface area (Å²) in [4.78, 5) is 15.3. The molecule has 10 heteroatoms. The van der Waals surface area contributed by atoms with E-state index in [1.807, 2.05) is 0 Å². The lowest BCUT2D eigenvalue weighted by Gasteiger charge is -2.17. The van der Waals surface area contributed by atoms with Crippen molar-refractivity contribution < 1.29 is 27.1 Å².